The van der Waals surface area contributed by atoms with Crippen molar-refractivity contribution in [2.24, 2.45) is 0 Å². The summed E-state index contributed by atoms with van der Waals surface area (Å²) in [6.07, 6.45) is 10.6. The Morgan fingerprint density at radius 3 is 2.76 bits per heavy atom. The van der Waals surface area contributed by atoms with Crippen molar-refractivity contribution in [3.63, 3.8) is 0 Å². The van der Waals surface area contributed by atoms with Crippen molar-refractivity contribution in [1.29, 1.82) is 0 Å². The number of likely N-dealkylation sites (N-methyl/N-ethyl adjacent to an activating group) is 1. The largest absolute Gasteiger partial charge is 0.491 e. The van der Waals surface area contributed by atoms with E-state index in [0.717, 1.165) is 79.5 Å². The average molecular weight is 503 g/mol. The summed E-state index contributed by atoms with van der Waals surface area (Å²) in [5.74, 6) is 1.53. The minimum absolute atomic E-state index is 0.107. The van der Waals surface area contributed by atoms with Gasteiger partial charge in [0.1, 0.15) is 35.7 Å². The number of carbonyl (C=O) groups excluding carboxylic acids is 1. The highest BCUT2D eigenvalue weighted by Gasteiger charge is 2.46. The van der Waals surface area contributed by atoms with E-state index >= 15 is 0 Å². The molecule has 2 bridgehead atoms. The molecule has 194 valence electrons. The van der Waals surface area contributed by atoms with Gasteiger partial charge in [0.05, 0.1) is 18.0 Å². The lowest BCUT2D eigenvalue weighted by molar-refractivity contribution is -0.136. The number of fused-ring (bicyclic) bond motifs is 3. The topological polar surface area (TPSA) is 98.7 Å². The van der Waals surface area contributed by atoms with Gasteiger partial charge in [-0.15, -0.1) is 0 Å². The van der Waals surface area contributed by atoms with Gasteiger partial charge in [-0.05, 0) is 56.2 Å². The minimum Gasteiger partial charge on any atom is -0.491 e. The number of carbonyl (C=O) groups is 1. The van der Waals surface area contributed by atoms with Crippen LogP contribution in [-0.4, -0.2) is 81.3 Å². The van der Waals surface area contributed by atoms with E-state index in [4.69, 9.17) is 15.2 Å². The fraction of sp³-hybridized carbons (Fsp3) is 0.536. The molecule has 4 fully saturated rings. The lowest BCUT2D eigenvalue weighted by atomic mass is 9.85. The lowest BCUT2D eigenvalue weighted by Gasteiger charge is -2.46. The Hall–Kier alpha value is -3.17. The van der Waals surface area contributed by atoms with Gasteiger partial charge >= 0.3 is 0 Å². The van der Waals surface area contributed by atoms with Crippen LogP contribution < -0.4 is 10.5 Å². The van der Waals surface area contributed by atoms with Crippen LogP contribution in [0.25, 0.3) is 22.2 Å². The van der Waals surface area contributed by atoms with Crippen molar-refractivity contribution in [2.45, 2.75) is 62.3 Å². The van der Waals surface area contributed by atoms with Crippen molar-refractivity contribution in [2.75, 3.05) is 39.0 Å². The number of aromatic nitrogens is 3. The first-order chi connectivity index (χ1) is 18.0. The first kappa shape index (κ1) is 23.0. The summed E-state index contributed by atoms with van der Waals surface area (Å²) in [5.41, 5.74) is 9.21. The second-order valence-corrected chi connectivity index (χ2v) is 11.3. The molecular formula is C28H34N6O3. The Morgan fingerprint density at radius 1 is 1.16 bits per heavy atom. The zero-order valence-electron chi connectivity index (χ0n) is 21.3. The Balaban J connectivity index is 1.13. The van der Waals surface area contributed by atoms with Crippen molar-refractivity contribution >= 4 is 22.8 Å². The first-order valence-electron chi connectivity index (χ1n) is 13.5. The van der Waals surface area contributed by atoms with Crippen LogP contribution in [0.3, 0.4) is 0 Å². The molecule has 3 aliphatic heterocycles. The summed E-state index contributed by atoms with van der Waals surface area (Å²) in [5, 5.41) is 0.884. The van der Waals surface area contributed by atoms with Crippen molar-refractivity contribution in [1.82, 2.24) is 24.3 Å². The monoisotopic (exact) mass is 502 g/mol. The van der Waals surface area contributed by atoms with E-state index in [1.54, 1.807) is 6.33 Å². The number of anilines is 1. The van der Waals surface area contributed by atoms with Crippen LogP contribution >= 0.6 is 0 Å². The Kier molecular flexibility index (Phi) is 5.40. The highest BCUT2D eigenvalue weighted by atomic mass is 16.6. The van der Waals surface area contributed by atoms with Gasteiger partial charge < -0.3 is 24.7 Å². The molecule has 5 heterocycles. The molecule has 1 amide bonds. The van der Waals surface area contributed by atoms with Gasteiger partial charge in [-0.2, -0.15) is 0 Å². The number of amides is 1. The number of hydrogen-bond donors (Lipinski definition) is 1. The maximum absolute atomic E-state index is 12.2. The molecule has 0 atom stereocenters. The fourth-order valence-corrected chi connectivity index (χ4v) is 6.63. The molecule has 1 saturated carbocycles. The highest BCUT2D eigenvalue weighted by molar-refractivity contribution is 6.00. The van der Waals surface area contributed by atoms with Crippen molar-refractivity contribution < 1.29 is 14.3 Å². The number of benzene rings is 1. The van der Waals surface area contributed by atoms with Gasteiger partial charge in [0.25, 0.3) is 0 Å². The third kappa shape index (κ3) is 3.95. The maximum Gasteiger partial charge on any atom is 0.236 e. The molecule has 7 rings (SSSR count). The lowest BCUT2D eigenvalue weighted by Crippen LogP contribution is -2.55. The fourth-order valence-electron chi connectivity index (χ4n) is 6.63. The second kappa shape index (κ2) is 8.70. The van der Waals surface area contributed by atoms with Gasteiger partial charge in [-0.3, -0.25) is 9.69 Å². The average Bonchev–Trinajstić information content (AvgIpc) is 3.59. The van der Waals surface area contributed by atoms with Gasteiger partial charge in [0.2, 0.25) is 5.91 Å². The van der Waals surface area contributed by atoms with E-state index in [2.05, 4.69) is 37.8 Å². The van der Waals surface area contributed by atoms with Gasteiger partial charge in [0, 0.05) is 44.0 Å². The molecule has 37 heavy (non-hydrogen) atoms. The molecule has 1 aromatic carbocycles. The summed E-state index contributed by atoms with van der Waals surface area (Å²) < 4.78 is 14.7. The van der Waals surface area contributed by atoms with Crippen molar-refractivity contribution in [3.05, 3.63) is 36.8 Å². The van der Waals surface area contributed by atoms with Crippen LogP contribution in [-0.2, 0) is 9.53 Å². The standard InChI is InChI=1S/C28H34N6O3/c1-32-9-10-33(15-24(32)35)19-12-20(13-19)34-14-23(25-26(29)30-17-31-27(25)34)18-3-2-4-22(11-18)36-16-28-7-5-21(37-28)6-8-28/h2-4,11,14,17,19-21H,5-10,12-13,15-16H2,1H3,(H2,29,30,31). The van der Waals surface area contributed by atoms with Gasteiger partial charge in [-0.1, -0.05) is 12.1 Å². The van der Waals surface area contributed by atoms with Crippen LogP contribution in [0.15, 0.2) is 36.8 Å². The zero-order valence-corrected chi connectivity index (χ0v) is 21.3. The predicted molar refractivity (Wildman–Crippen MR) is 140 cm³/mol. The quantitative estimate of drug-likeness (QED) is 0.552. The summed E-state index contributed by atoms with van der Waals surface area (Å²) in [7, 11) is 1.88. The van der Waals surface area contributed by atoms with E-state index in [9.17, 15) is 4.79 Å². The Labute approximate surface area is 216 Å². The Morgan fingerprint density at radius 2 is 2.00 bits per heavy atom. The van der Waals surface area contributed by atoms with Crippen LogP contribution in [0.4, 0.5) is 5.82 Å². The number of hydrogen-bond acceptors (Lipinski definition) is 7. The third-order valence-corrected chi connectivity index (χ3v) is 9.03. The SMILES string of the molecule is CN1CCN(C2CC(n3cc(-c4cccc(OCC56CCC(CC5)O6)c4)c4c(N)ncnc43)C2)CC1=O. The van der Waals surface area contributed by atoms with Gasteiger partial charge in [0.15, 0.2) is 0 Å². The smallest absolute Gasteiger partial charge is 0.236 e. The molecule has 2 aromatic heterocycles. The van der Waals surface area contributed by atoms with Crippen LogP contribution in [0, 0.1) is 0 Å². The molecule has 4 aliphatic rings. The normalized spacial score (nSPS) is 29.7. The molecule has 1 aliphatic carbocycles. The second-order valence-electron chi connectivity index (χ2n) is 11.3. The number of rotatable bonds is 6. The molecule has 0 spiro atoms. The van der Waals surface area contributed by atoms with E-state index < -0.39 is 0 Å². The maximum atomic E-state index is 12.2. The number of piperazine rings is 1. The molecule has 3 aromatic rings. The predicted octanol–water partition coefficient (Wildman–Crippen LogP) is 3.25. The molecule has 9 nitrogen and oxygen atoms in total. The zero-order chi connectivity index (χ0) is 25.1. The third-order valence-electron chi connectivity index (χ3n) is 9.03. The summed E-state index contributed by atoms with van der Waals surface area (Å²) in [6.45, 7) is 2.84. The Bertz CT molecular complexity index is 1340. The summed E-state index contributed by atoms with van der Waals surface area (Å²) >= 11 is 0. The van der Waals surface area contributed by atoms with E-state index in [1.807, 2.05) is 24.1 Å². The first-order valence-corrected chi connectivity index (χ1v) is 13.5. The van der Waals surface area contributed by atoms with E-state index in [0.29, 0.717) is 37.2 Å². The summed E-state index contributed by atoms with van der Waals surface area (Å²) in [4.78, 5) is 25.3. The molecular weight excluding hydrogens is 468 g/mol. The van der Waals surface area contributed by atoms with Crippen LogP contribution in [0.1, 0.15) is 44.6 Å². The van der Waals surface area contributed by atoms with Gasteiger partial charge in [-0.25, -0.2) is 9.97 Å². The van der Waals surface area contributed by atoms with Crippen molar-refractivity contribution in [3.8, 4) is 16.9 Å². The molecule has 0 unspecified atom stereocenters. The van der Waals surface area contributed by atoms with Crippen LogP contribution in [0.2, 0.25) is 0 Å². The molecule has 3 saturated heterocycles. The number of nitrogens with zero attached hydrogens (tertiary/aromatic N) is 5. The van der Waals surface area contributed by atoms with Crippen LogP contribution in [0.5, 0.6) is 5.75 Å². The summed E-state index contributed by atoms with van der Waals surface area (Å²) in [6, 6.07) is 8.96. The molecule has 2 N–H and O–H groups in total. The number of nitrogens with two attached hydrogens (primary N) is 1. The molecule has 9 heteroatoms. The highest BCUT2D eigenvalue weighted by Crippen LogP contribution is 2.45. The molecule has 0 radical (unpaired) electrons. The number of ether oxygens (including phenoxy) is 2. The van der Waals surface area contributed by atoms with E-state index in [-0.39, 0.29) is 11.5 Å². The number of nitrogen functional groups attached to an aromatic ring is 1. The minimum atomic E-state index is -0.107. The van der Waals surface area contributed by atoms with E-state index in [1.165, 1.54) is 0 Å².